The van der Waals surface area contributed by atoms with Crippen LogP contribution in [0.25, 0.3) is 0 Å². The van der Waals surface area contributed by atoms with E-state index in [1.54, 1.807) is 18.2 Å². The predicted molar refractivity (Wildman–Crippen MR) is 81.1 cm³/mol. The van der Waals surface area contributed by atoms with Gasteiger partial charge in [0.2, 0.25) is 5.91 Å². The zero-order valence-electron chi connectivity index (χ0n) is 12.5. The van der Waals surface area contributed by atoms with Gasteiger partial charge in [-0.25, -0.2) is 9.37 Å². The molecule has 7 heteroatoms. The van der Waals surface area contributed by atoms with Crippen LogP contribution in [0.2, 0.25) is 0 Å². The number of aromatic nitrogens is 1. The first kappa shape index (κ1) is 16.4. The molecule has 6 nitrogen and oxygen atoms in total. The fraction of sp³-hybridized carbons (Fsp3) is 0.188. The Balaban J connectivity index is 1.94. The fourth-order valence-corrected chi connectivity index (χ4v) is 1.74. The Labute approximate surface area is 132 Å². The molecule has 0 aliphatic carbocycles. The number of nitrogens with one attached hydrogen (secondary N) is 1. The summed E-state index contributed by atoms with van der Waals surface area (Å²) in [6.07, 6.45) is 1.38. The zero-order chi connectivity index (χ0) is 16.8. The zero-order valence-corrected chi connectivity index (χ0v) is 12.5. The van der Waals surface area contributed by atoms with Crippen LogP contribution in [0.3, 0.4) is 0 Å². The first-order chi connectivity index (χ1) is 11.0. The Bertz CT molecular complexity index is 704. The van der Waals surface area contributed by atoms with Gasteiger partial charge in [0.25, 0.3) is 5.91 Å². The Morgan fingerprint density at radius 2 is 2.13 bits per heavy atom. The molecule has 1 aromatic heterocycles. The van der Waals surface area contributed by atoms with Gasteiger partial charge in [-0.15, -0.1) is 0 Å². The third-order valence-electron chi connectivity index (χ3n) is 3.04. The summed E-state index contributed by atoms with van der Waals surface area (Å²) in [5.41, 5.74) is 5.89. The molecule has 1 aromatic carbocycles. The van der Waals surface area contributed by atoms with Crippen molar-refractivity contribution >= 4 is 11.8 Å². The second kappa shape index (κ2) is 7.35. The Morgan fingerprint density at radius 1 is 1.35 bits per heavy atom. The maximum atomic E-state index is 13.1. The van der Waals surface area contributed by atoms with Crippen molar-refractivity contribution in [3.05, 3.63) is 59.7 Å². The Kier molecular flexibility index (Phi) is 5.24. The summed E-state index contributed by atoms with van der Waals surface area (Å²) < 4.78 is 18.5. The third-order valence-corrected chi connectivity index (χ3v) is 3.04. The molecule has 0 aliphatic rings. The van der Waals surface area contributed by atoms with E-state index in [0.717, 1.165) is 0 Å². The van der Waals surface area contributed by atoms with E-state index in [4.69, 9.17) is 10.5 Å². The summed E-state index contributed by atoms with van der Waals surface area (Å²) in [7, 11) is 0. The summed E-state index contributed by atoms with van der Waals surface area (Å²) in [6, 6.07) is 8.31. The molecule has 0 fully saturated rings. The lowest BCUT2D eigenvalue weighted by molar-refractivity contribution is -0.119. The lowest BCUT2D eigenvalue weighted by Crippen LogP contribution is -2.42. The van der Waals surface area contributed by atoms with Crippen molar-refractivity contribution in [1.82, 2.24) is 10.3 Å². The van der Waals surface area contributed by atoms with Gasteiger partial charge in [-0.05, 0) is 36.8 Å². The number of benzene rings is 1. The summed E-state index contributed by atoms with van der Waals surface area (Å²) in [5.74, 6) is -1.03. The van der Waals surface area contributed by atoms with Gasteiger partial charge in [-0.1, -0.05) is 12.1 Å². The molecule has 2 aromatic rings. The van der Waals surface area contributed by atoms with Gasteiger partial charge in [-0.3, -0.25) is 9.59 Å². The van der Waals surface area contributed by atoms with Crippen LogP contribution in [0.4, 0.5) is 4.39 Å². The number of hydrogen-bond donors (Lipinski definition) is 2. The lowest BCUT2D eigenvalue weighted by Gasteiger charge is -2.10. The standard InChI is InChI=1S/C16H16FN3O3/c1-10(15(18)21)20-16(22)14-6-5-13(8-19-14)23-9-11-3-2-4-12(17)7-11/h2-8,10H,9H2,1H3,(H2,18,21)(H,20,22). The normalized spacial score (nSPS) is 11.6. The number of amides is 2. The molecule has 1 unspecified atom stereocenters. The van der Waals surface area contributed by atoms with Crippen molar-refractivity contribution in [1.29, 1.82) is 0 Å². The average Bonchev–Trinajstić information content (AvgIpc) is 2.53. The number of ether oxygens (including phenoxy) is 1. The monoisotopic (exact) mass is 317 g/mol. The number of carbonyl (C=O) groups excluding carboxylic acids is 2. The van der Waals surface area contributed by atoms with Crippen molar-refractivity contribution in [3.63, 3.8) is 0 Å². The SMILES string of the molecule is CC(NC(=O)c1ccc(OCc2cccc(F)c2)cn1)C(N)=O. The highest BCUT2D eigenvalue weighted by atomic mass is 19.1. The number of nitrogens with zero attached hydrogens (tertiary/aromatic N) is 1. The summed E-state index contributed by atoms with van der Waals surface area (Å²) in [5, 5.41) is 2.42. The van der Waals surface area contributed by atoms with E-state index < -0.39 is 17.9 Å². The lowest BCUT2D eigenvalue weighted by atomic mass is 10.2. The van der Waals surface area contributed by atoms with Crippen LogP contribution in [-0.4, -0.2) is 22.8 Å². The topological polar surface area (TPSA) is 94.3 Å². The molecule has 2 rings (SSSR count). The highest BCUT2D eigenvalue weighted by Gasteiger charge is 2.14. The molecule has 3 N–H and O–H groups in total. The summed E-state index contributed by atoms with van der Waals surface area (Å²) in [6.45, 7) is 1.67. The quantitative estimate of drug-likeness (QED) is 0.842. The van der Waals surface area contributed by atoms with Gasteiger partial charge in [0.15, 0.2) is 0 Å². The fourth-order valence-electron chi connectivity index (χ4n) is 1.74. The molecule has 23 heavy (non-hydrogen) atoms. The van der Waals surface area contributed by atoms with Crippen molar-refractivity contribution in [2.24, 2.45) is 5.73 Å². The number of carbonyl (C=O) groups is 2. The second-order valence-electron chi connectivity index (χ2n) is 4.90. The van der Waals surface area contributed by atoms with E-state index in [1.807, 2.05) is 0 Å². The first-order valence-electron chi connectivity index (χ1n) is 6.89. The molecule has 2 amide bonds. The minimum Gasteiger partial charge on any atom is -0.487 e. The number of nitrogens with two attached hydrogens (primary N) is 1. The second-order valence-corrected chi connectivity index (χ2v) is 4.90. The van der Waals surface area contributed by atoms with Crippen LogP contribution < -0.4 is 15.8 Å². The van der Waals surface area contributed by atoms with Gasteiger partial charge >= 0.3 is 0 Å². The van der Waals surface area contributed by atoms with E-state index in [2.05, 4.69) is 10.3 Å². The van der Waals surface area contributed by atoms with Crippen LogP contribution in [0.5, 0.6) is 5.75 Å². The molecular formula is C16H16FN3O3. The van der Waals surface area contributed by atoms with E-state index in [1.165, 1.54) is 31.3 Å². The van der Waals surface area contributed by atoms with Crippen molar-refractivity contribution < 1.29 is 18.7 Å². The van der Waals surface area contributed by atoms with Gasteiger partial charge in [0, 0.05) is 0 Å². The van der Waals surface area contributed by atoms with Gasteiger partial charge < -0.3 is 15.8 Å². The Morgan fingerprint density at radius 3 is 2.74 bits per heavy atom. The van der Waals surface area contributed by atoms with Crippen LogP contribution in [0, 0.1) is 5.82 Å². The Hall–Kier alpha value is -2.96. The largest absolute Gasteiger partial charge is 0.487 e. The first-order valence-corrected chi connectivity index (χ1v) is 6.89. The van der Waals surface area contributed by atoms with Crippen molar-refractivity contribution in [2.45, 2.75) is 19.6 Å². The van der Waals surface area contributed by atoms with Gasteiger partial charge in [0.1, 0.15) is 29.9 Å². The molecule has 0 saturated carbocycles. The average molecular weight is 317 g/mol. The predicted octanol–water partition coefficient (Wildman–Crippen LogP) is 1.40. The van der Waals surface area contributed by atoms with Crippen molar-refractivity contribution in [3.8, 4) is 5.75 Å². The van der Waals surface area contributed by atoms with E-state index in [-0.39, 0.29) is 18.1 Å². The van der Waals surface area contributed by atoms with Crippen LogP contribution >= 0.6 is 0 Å². The highest BCUT2D eigenvalue weighted by molar-refractivity contribution is 5.95. The number of pyridine rings is 1. The van der Waals surface area contributed by atoms with E-state index in [9.17, 15) is 14.0 Å². The molecule has 1 heterocycles. The smallest absolute Gasteiger partial charge is 0.270 e. The molecule has 0 radical (unpaired) electrons. The van der Waals surface area contributed by atoms with Crippen LogP contribution in [0.1, 0.15) is 23.0 Å². The van der Waals surface area contributed by atoms with Crippen molar-refractivity contribution in [2.75, 3.05) is 0 Å². The minimum atomic E-state index is -0.784. The number of primary amides is 1. The highest BCUT2D eigenvalue weighted by Crippen LogP contribution is 2.12. The van der Waals surface area contributed by atoms with Gasteiger partial charge in [0.05, 0.1) is 6.20 Å². The minimum absolute atomic E-state index is 0.135. The molecule has 120 valence electrons. The number of rotatable bonds is 6. The summed E-state index contributed by atoms with van der Waals surface area (Å²) in [4.78, 5) is 26.7. The molecule has 0 spiro atoms. The van der Waals surface area contributed by atoms with E-state index >= 15 is 0 Å². The van der Waals surface area contributed by atoms with Crippen LogP contribution in [-0.2, 0) is 11.4 Å². The number of halogens is 1. The molecule has 1 atom stereocenters. The molecule has 0 aliphatic heterocycles. The summed E-state index contributed by atoms with van der Waals surface area (Å²) >= 11 is 0. The van der Waals surface area contributed by atoms with E-state index in [0.29, 0.717) is 11.3 Å². The third kappa shape index (κ3) is 4.77. The number of hydrogen-bond acceptors (Lipinski definition) is 4. The van der Waals surface area contributed by atoms with Crippen LogP contribution in [0.15, 0.2) is 42.6 Å². The maximum absolute atomic E-state index is 13.1. The van der Waals surface area contributed by atoms with Gasteiger partial charge in [-0.2, -0.15) is 0 Å². The molecular weight excluding hydrogens is 301 g/mol. The molecule has 0 saturated heterocycles. The molecule has 0 bridgehead atoms. The maximum Gasteiger partial charge on any atom is 0.270 e.